The first-order valence-electron chi connectivity index (χ1n) is 5.35. The van der Waals surface area contributed by atoms with Gasteiger partial charge in [0.25, 0.3) is 0 Å². The van der Waals surface area contributed by atoms with E-state index in [1.807, 2.05) is 0 Å². The highest BCUT2D eigenvalue weighted by atomic mass is 14.9. The molecule has 0 aromatic rings. The van der Waals surface area contributed by atoms with Crippen LogP contribution in [0.25, 0.3) is 0 Å². The molecule has 2 N–H and O–H groups in total. The first-order chi connectivity index (χ1) is 5.93. The van der Waals surface area contributed by atoms with Gasteiger partial charge in [0.2, 0.25) is 0 Å². The van der Waals surface area contributed by atoms with Crippen LogP contribution in [0.15, 0.2) is 0 Å². The fourth-order valence-electron chi connectivity index (χ4n) is 1.78. The van der Waals surface area contributed by atoms with Crippen LogP contribution in [-0.2, 0) is 0 Å². The smallest absolute Gasteiger partial charge is 0.00200 e. The summed E-state index contributed by atoms with van der Waals surface area (Å²) in [6.07, 6.45) is 5.41. The van der Waals surface area contributed by atoms with E-state index in [0.29, 0.717) is 0 Å². The Balaban J connectivity index is 1.81. The predicted octanol–water partition coefficient (Wildman–Crippen LogP) is 1.38. The van der Waals surface area contributed by atoms with Crippen molar-refractivity contribution in [2.24, 2.45) is 5.92 Å². The fourth-order valence-corrected chi connectivity index (χ4v) is 1.78. The third-order valence-corrected chi connectivity index (χ3v) is 2.56. The summed E-state index contributed by atoms with van der Waals surface area (Å²) in [5.41, 5.74) is 0. The van der Waals surface area contributed by atoms with E-state index in [1.54, 1.807) is 0 Å². The summed E-state index contributed by atoms with van der Waals surface area (Å²) in [7, 11) is 0. The molecule has 2 nitrogen and oxygen atoms in total. The Morgan fingerprint density at radius 2 is 2.33 bits per heavy atom. The summed E-state index contributed by atoms with van der Waals surface area (Å²) in [5.74, 6) is 0.966. The van der Waals surface area contributed by atoms with Crippen molar-refractivity contribution in [3.63, 3.8) is 0 Å². The normalized spacial score (nSPS) is 23.2. The molecule has 0 aromatic carbocycles. The van der Waals surface area contributed by atoms with E-state index in [-0.39, 0.29) is 0 Å². The van der Waals surface area contributed by atoms with Crippen LogP contribution in [0, 0.1) is 5.92 Å². The van der Waals surface area contributed by atoms with Gasteiger partial charge < -0.3 is 10.6 Å². The van der Waals surface area contributed by atoms with Gasteiger partial charge in [-0.2, -0.15) is 0 Å². The van der Waals surface area contributed by atoms with Gasteiger partial charge in [-0.3, -0.25) is 0 Å². The quantitative estimate of drug-likeness (QED) is 0.588. The zero-order valence-electron chi connectivity index (χ0n) is 8.23. The molecule has 0 aromatic heterocycles. The SMILES string of the molecule is CCCNCCCC1CCNC1. The molecule has 1 aliphatic rings. The van der Waals surface area contributed by atoms with Crippen LogP contribution in [-0.4, -0.2) is 26.2 Å². The first-order valence-corrected chi connectivity index (χ1v) is 5.35. The van der Waals surface area contributed by atoms with Gasteiger partial charge in [0, 0.05) is 0 Å². The zero-order chi connectivity index (χ0) is 8.65. The van der Waals surface area contributed by atoms with Crippen molar-refractivity contribution in [3.8, 4) is 0 Å². The maximum absolute atomic E-state index is 3.44. The Labute approximate surface area is 76.1 Å². The molecule has 2 heteroatoms. The first kappa shape index (κ1) is 10.0. The van der Waals surface area contributed by atoms with E-state index in [1.165, 1.54) is 51.9 Å². The highest BCUT2D eigenvalue weighted by Gasteiger charge is 2.12. The van der Waals surface area contributed by atoms with Crippen LogP contribution in [0.3, 0.4) is 0 Å². The second kappa shape index (κ2) is 6.44. The lowest BCUT2D eigenvalue weighted by atomic mass is 10.0. The van der Waals surface area contributed by atoms with E-state index in [9.17, 15) is 0 Å². The Kier molecular flexibility index (Phi) is 5.37. The van der Waals surface area contributed by atoms with Crippen molar-refractivity contribution < 1.29 is 0 Å². The molecule has 0 bridgehead atoms. The Hall–Kier alpha value is -0.0800. The summed E-state index contributed by atoms with van der Waals surface area (Å²) >= 11 is 0. The number of rotatable bonds is 6. The van der Waals surface area contributed by atoms with Crippen LogP contribution < -0.4 is 10.6 Å². The van der Waals surface area contributed by atoms with Gasteiger partial charge in [-0.1, -0.05) is 6.92 Å². The molecular weight excluding hydrogens is 148 g/mol. The minimum absolute atomic E-state index is 0.966. The zero-order valence-corrected chi connectivity index (χ0v) is 8.23. The van der Waals surface area contributed by atoms with Gasteiger partial charge in [-0.15, -0.1) is 0 Å². The van der Waals surface area contributed by atoms with Gasteiger partial charge in [0.05, 0.1) is 0 Å². The lowest BCUT2D eigenvalue weighted by Gasteiger charge is -2.07. The molecule has 1 heterocycles. The van der Waals surface area contributed by atoms with Crippen molar-refractivity contribution in [3.05, 3.63) is 0 Å². The van der Waals surface area contributed by atoms with Crippen LogP contribution in [0.2, 0.25) is 0 Å². The van der Waals surface area contributed by atoms with E-state index in [0.717, 1.165) is 5.92 Å². The third-order valence-electron chi connectivity index (χ3n) is 2.56. The van der Waals surface area contributed by atoms with Crippen molar-refractivity contribution in [2.45, 2.75) is 32.6 Å². The molecule has 0 amide bonds. The molecule has 1 rings (SSSR count). The van der Waals surface area contributed by atoms with Crippen molar-refractivity contribution in [2.75, 3.05) is 26.2 Å². The molecule has 1 fully saturated rings. The maximum Gasteiger partial charge on any atom is -0.00200 e. The average Bonchev–Trinajstić information content (AvgIpc) is 2.57. The highest BCUT2D eigenvalue weighted by Crippen LogP contribution is 2.13. The van der Waals surface area contributed by atoms with Gasteiger partial charge in [0.1, 0.15) is 0 Å². The lowest BCUT2D eigenvalue weighted by molar-refractivity contribution is 0.492. The van der Waals surface area contributed by atoms with E-state index in [2.05, 4.69) is 17.6 Å². The lowest BCUT2D eigenvalue weighted by Crippen LogP contribution is -2.17. The summed E-state index contributed by atoms with van der Waals surface area (Å²) in [4.78, 5) is 0. The largest absolute Gasteiger partial charge is 0.317 e. The molecule has 0 spiro atoms. The minimum Gasteiger partial charge on any atom is -0.317 e. The van der Waals surface area contributed by atoms with Gasteiger partial charge in [-0.05, 0) is 57.8 Å². The highest BCUT2D eigenvalue weighted by molar-refractivity contribution is 4.70. The molecular formula is C10H22N2. The van der Waals surface area contributed by atoms with Crippen molar-refractivity contribution in [1.82, 2.24) is 10.6 Å². The molecule has 1 aliphatic heterocycles. The topological polar surface area (TPSA) is 24.1 Å². The van der Waals surface area contributed by atoms with Crippen LogP contribution in [0.1, 0.15) is 32.6 Å². The summed E-state index contributed by atoms with van der Waals surface area (Å²) in [6.45, 7) is 7.11. The van der Waals surface area contributed by atoms with Crippen LogP contribution in [0.5, 0.6) is 0 Å². The monoisotopic (exact) mass is 170 g/mol. The Bertz CT molecular complexity index is 98.0. The van der Waals surface area contributed by atoms with Crippen molar-refractivity contribution in [1.29, 1.82) is 0 Å². The van der Waals surface area contributed by atoms with Crippen LogP contribution >= 0.6 is 0 Å². The molecule has 72 valence electrons. The molecule has 1 atom stereocenters. The summed E-state index contributed by atoms with van der Waals surface area (Å²) < 4.78 is 0. The standard InChI is InChI=1S/C10H22N2/c1-2-6-11-7-3-4-10-5-8-12-9-10/h10-12H,2-9H2,1H3. The second-order valence-electron chi connectivity index (χ2n) is 3.75. The third kappa shape index (κ3) is 4.07. The average molecular weight is 170 g/mol. The molecule has 0 saturated carbocycles. The molecule has 1 unspecified atom stereocenters. The number of hydrogen-bond donors (Lipinski definition) is 2. The molecule has 1 saturated heterocycles. The summed E-state index contributed by atoms with van der Waals surface area (Å²) in [5, 5.41) is 6.84. The van der Waals surface area contributed by atoms with Gasteiger partial charge >= 0.3 is 0 Å². The fraction of sp³-hybridized carbons (Fsp3) is 1.00. The predicted molar refractivity (Wildman–Crippen MR) is 53.4 cm³/mol. The van der Waals surface area contributed by atoms with Gasteiger partial charge in [0.15, 0.2) is 0 Å². The maximum atomic E-state index is 3.44. The molecule has 0 radical (unpaired) electrons. The molecule has 0 aliphatic carbocycles. The summed E-state index contributed by atoms with van der Waals surface area (Å²) in [6, 6.07) is 0. The molecule has 12 heavy (non-hydrogen) atoms. The Morgan fingerprint density at radius 1 is 1.42 bits per heavy atom. The number of hydrogen-bond acceptors (Lipinski definition) is 2. The van der Waals surface area contributed by atoms with Crippen molar-refractivity contribution >= 4 is 0 Å². The second-order valence-corrected chi connectivity index (χ2v) is 3.75. The van der Waals surface area contributed by atoms with E-state index < -0.39 is 0 Å². The Morgan fingerprint density at radius 3 is 3.00 bits per heavy atom. The number of nitrogens with one attached hydrogen (secondary N) is 2. The van der Waals surface area contributed by atoms with E-state index >= 15 is 0 Å². The van der Waals surface area contributed by atoms with E-state index in [4.69, 9.17) is 0 Å². The van der Waals surface area contributed by atoms with Crippen LogP contribution in [0.4, 0.5) is 0 Å². The minimum atomic E-state index is 0.966. The van der Waals surface area contributed by atoms with Gasteiger partial charge in [-0.25, -0.2) is 0 Å².